The number of anilines is 1. The summed E-state index contributed by atoms with van der Waals surface area (Å²) in [6, 6.07) is 2.03. The fourth-order valence-electron chi connectivity index (χ4n) is 2.05. The highest BCUT2D eigenvalue weighted by molar-refractivity contribution is 7.13. The van der Waals surface area contributed by atoms with E-state index in [1.165, 1.54) is 5.56 Å². The molecule has 1 N–H and O–H groups in total. The third-order valence-corrected chi connectivity index (χ3v) is 4.26. The molecule has 0 atom stereocenters. The second-order valence-corrected chi connectivity index (χ2v) is 5.57. The van der Waals surface area contributed by atoms with E-state index in [1.807, 2.05) is 45.3 Å². The topological polar surface area (TPSA) is 50.2 Å². The van der Waals surface area contributed by atoms with Crippen molar-refractivity contribution in [2.75, 3.05) is 5.43 Å². The van der Waals surface area contributed by atoms with Crippen molar-refractivity contribution in [3.05, 3.63) is 39.5 Å². The molecule has 2 rings (SSSR count). The van der Waals surface area contributed by atoms with Crippen LogP contribution in [0.15, 0.2) is 23.6 Å². The van der Waals surface area contributed by atoms with Gasteiger partial charge >= 0.3 is 0 Å². The number of hydrogen-bond donors (Lipinski definition) is 1. The minimum absolute atomic E-state index is 0.803. The lowest BCUT2D eigenvalue weighted by Crippen LogP contribution is -2.19. The Labute approximate surface area is 129 Å². The van der Waals surface area contributed by atoms with Gasteiger partial charge in [0.15, 0.2) is 0 Å². The number of hydrogen-bond acceptors (Lipinski definition) is 5. The maximum atomic E-state index is 4.51. The molecule has 110 valence electrons. The first-order valence-corrected chi connectivity index (χ1v) is 7.84. The zero-order valence-corrected chi connectivity index (χ0v) is 13.7. The van der Waals surface area contributed by atoms with Crippen LogP contribution < -0.4 is 15.3 Å². The zero-order chi connectivity index (χ0) is 15.2. The molecule has 2 aromatic heterocycles. The van der Waals surface area contributed by atoms with E-state index in [0.29, 0.717) is 0 Å². The highest BCUT2D eigenvalue weighted by Gasteiger charge is 2.04. The van der Waals surface area contributed by atoms with E-state index in [9.17, 15) is 0 Å². The van der Waals surface area contributed by atoms with E-state index in [0.717, 1.165) is 32.7 Å². The third kappa shape index (κ3) is 3.55. The van der Waals surface area contributed by atoms with Gasteiger partial charge in [-0.3, -0.25) is 10.4 Å². The number of aromatic nitrogens is 2. The molecule has 0 fully saturated rings. The highest BCUT2D eigenvalue weighted by atomic mass is 32.1. The standard InChI is InChI=1S/C16H20N4S/c1-5-12-8-9-17-10-13(12)11(4)19-20-16-18-14(6-2)15(7-3)21-16/h6-10H,5H2,1-4H3,(H,18,20)/b14-6+,15-7+,19-11-. The SMILES string of the molecule is C/C=c1/nc(N/N=C(/C)c2cnccc2CC)s/c1=C/C. The van der Waals surface area contributed by atoms with Gasteiger partial charge in [-0.05, 0) is 38.8 Å². The van der Waals surface area contributed by atoms with Crippen LogP contribution in [-0.2, 0) is 6.42 Å². The first-order chi connectivity index (χ1) is 10.2. The molecule has 0 unspecified atom stereocenters. The summed E-state index contributed by atoms with van der Waals surface area (Å²) >= 11 is 1.60. The summed E-state index contributed by atoms with van der Waals surface area (Å²) in [7, 11) is 0. The fraction of sp³-hybridized carbons (Fsp3) is 0.312. The summed E-state index contributed by atoms with van der Waals surface area (Å²) in [6.45, 7) is 8.12. The van der Waals surface area contributed by atoms with Gasteiger partial charge in [-0.1, -0.05) is 30.4 Å². The minimum atomic E-state index is 0.803. The van der Waals surface area contributed by atoms with Gasteiger partial charge in [-0.25, -0.2) is 4.98 Å². The predicted octanol–water partition coefficient (Wildman–Crippen LogP) is 2.54. The fourth-order valence-corrected chi connectivity index (χ4v) is 2.88. The summed E-state index contributed by atoms with van der Waals surface area (Å²) in [5.74, 6) is 0. The van der Waals surface area contributed by atoms with Crippen LogP contribution in [0.5, 0.6) is 0 Å². The maximum Gasteiger partial charge on any atom is 0.204 e. The molecule has 0 aliphatic rings. The van der Waals surface area contributed by atoms with Gasteiger partial charge in [-0.2, -0.15) is 5.10 Å². The molecule has 2 aromatic rings. The first kappa shape index (κ1) is 15.4. The molecule has 2 heterocycles. The van der Waals surface area contributed by atoms with Crippen molar-refractivity contribution in [2.24, 2.45) is 5.10 Å². The molecule has 0 aliphatic heterocycles. The summed E-state index contributed by atoms with van der Waals surface area (Å²) in [6.07, 6.45) is 8.70. The Balaban J connectivity index is 2.27. The normalized spacial score (nSPS) is 13.8. The van der Waals surface area contributed by atoms with E-state index in [1.54, 1.807) is 11.3 Å². The minimum Gasteiger partial charge on any atom is -0.264 e. The van der Waals surface area contributed by atoms with Gasteiger partial charge in [0.25, 0.3) is 0 Å². The molecule has 0 bridgehead atoms. The van der Waals surface area contributed by atoms with Crippen molar-refractivity contribution >= 4 is 34.3 Å². The van der Waals surface area contributed by atoms with Crippen LogP contribution in [0, 0.1) is 0 Å². The Hall–Kier alpha value is -2.01. The summed E-state index contributed by atoms with van der Waals surface area (Å²) in [4.78, 5) is 8.69. The average molecular weight is 300 g/mol. The molecule has 0 amide bonds. The lowest BCUT2D eigenvalue weighted by Gasteiger charge is -2.06. The van der Waals surface area contributed by atoms with Gasteiger partial charge in [0.05, 0.1) is 15.6 Å². The maximum absolute atomic E-state index is 4.51. The number of nitrogens with zero attached hydrogens (tertiary/aromatic N) is 3. The molecule has 0 saturated heterocycles. The van der Waals surface area contributed by atoms with E-state index in [-0.39, 0.29) is 0 Å². The van der Waals surface area contributed by atoms with E-state index >= 15 is 0 Å². The van der Waals surface area contributed by atoms with Crippen molar-refractivity contribution in [2.45, 2.75) is 34.1 Å². The Morgan fingerprint density at radius 1 is 1.38 bits per heavy atom. The van der Waals surface area contributed by atoms with Gasteiger partial charge in [0.2, 0.25) is 5.13 Å². The zero-order valence-electron chi connectivity index (χ0n) is 12.8. The molecule has 21 heavy (non-hydrogen) atoms. The third-order valence-electron chi connectivity index (χ3n) is 3.22. The van der Waals surface area contributed by atoms with Gasteiger partial charge in [-0.15, -0.1) is 0 Å². The van der Waals surface area contributed by atoms with Crippen LogP contribution in [0.2, 0.25) is 0 Å². The van der Waals surface area contributed by atoms with Gasteiger partial charge in [0.1, 0.15) is 0 Å². The quantitative estimate of drug-likeness (QED) is 0.697. The Morgan fingerprint density at radius 2 is 2.19 bits per heavy atom. The Morgan fingerprint density at radius 3 is 2.81 bits per heavy atom. The van der Waals surface area contributed by atoms with E-state index in [2.05, 4.69) is 33.5 Å². The van der Waals surface area contributed by atoms with Crippen LogP contribution in [-0.4, -0.2) is 15.7 Å². The van der Waals surface area contributed by atoms with Crippen LogP contribution >= 0.6 is 11.3 Å². The Kier molecular flexibility index (Phi) is 5.22. The average Bonchev–Trinajstić information content (AvgIpc) is 2.94. The molecule has 0 radical (unpaired) electrons. The number of hydrazone groups is 1. The van der Waals surface area contributed by atoms with Crippen LogP contribution in [0.1, 0.15) is 38.8 Å². The summed E-state index contributed by atoms with van der Waals surface area (Å²) in [5.41, 5.74) is 6.29. The van der Waals surface area contributed by atoms with Crippen LogP contribution in [0.25, 0.3) is 12.2 Å². The number of aryl methyl sites for hydroxylation is 1. The molecular weight excluding hydrogens is 280 g/mol. The number of nitrogens with one attached hydrogen (secondary N) is 1. The molecular formula is C16H20N4S. The summed E-state index contributed by atoms with van der Waals surface area (Å²) < 4.78 is 1.16. The van der Waals surface area contributed by atoms with Crippen molar-refractivity contribution in [1.82, 2.24) is 9.97 Å². The first-order valence-electron chi connectivity index (χ1n) is 7.02. The van der Waals surface area contributed by atoms with Crippen molar-refractivity contribution in [1.29, 1.82) is 0 Å². The van der Waals surface area contributed by atoms with Crippen molar-refractivity contribution < 1.29 is 0 Å². The van der Waals surface area contributed by atoms with E-state index in [4.69, 9.17) is 0 Å². The second kappa shape index (κ2) is 7.13. The van der Waals surface area contributed by atoms with Crippen molar-refractivity contribution in [3.63, 3.8) is 0 Å². The number of rotatable bonds is 4. The monoisotopic (exact) mass is 300 g/mol. The number of thiazole rings is 1. The smallest absolute Gasteiger partial charge is 0.204 e. The van der Waals surface area contributed by atoms with Crippen molar-refractivity contribution in [3.8, 4) is 0 Å². The molecule has 0 spiro atoms. The second-order valence-electron chi connectivity index (χ2n) is 4.54. The van der Waals surface area contributed by atoms with E-state index < -0.39 is 0 Å². The molecule has 0 aliphatic carbocycles. The largest absolute Gasteiger partial charge is 0.264 e. The molecule has 5 heteroatoms. The lowest BCUT2D eigenvalue weighted by molar-refractivity contribution is 1.10. The Bertz CT molecular complexity index is 727. The predicted molar refractivity (Wildman–Crippen MR) is 91.1 cm³/mol. The highest BCUT2D eigenvalue weighted by Crippen LogP contribution is 2.10. The lowest BCUT2D eigenvalue weighted by atomic mass is 10.1. The van der Waals surface area contributed by atoms with Gasteiger partial charge in [0, 0.05) is 18.0 Å². The number of pyridine rings is 1. The molecule has 4 nitrogen and oxygen atoms in total. The molecule has 0 saturated carbocycles. The van der Waals surface area contributed by atoms with Crippen LogP contribution in [0.3, 0.4) is 0 Å². The van der Waals surface area contributed by atoms with Crippen LogP contribution in [0.4, 0.5) is 5.13 Å². The summed E-state index contributed by atoms with van der Waals surface area (Å²) in [5, 5.41) is 6.24. The molecule has 0 aromatic carbocycles. The van der Waals surface area contributed by atoms with Gasteiger partial charge < -0.3 is 0 Å².